The highest BCUT2D eigenvalue weighted by molar-refractivity contribution is 6.34. The van der Waals surface area contributed by atoms with Gasteiger partial charge in [0.05, 0.1) is 11.1 Å². The summed E-state index contributed by atoms with van der Waals surface area (Å²) in [6.45, 7) is 7.28. The van der Waals surface area contributed by atoms with E-state index in [0.29, 0.717) is 23.2 Å². The largest absolute Gasteiger partial charge is 0.490 e. The lowest BCUT2D eigenvalue weighted by Crippen LogP contribution is -2.41. The second-order valence-electron chi connectivity index (χ2n) is 7.97. The van der Waals surface area contributed by atoms with Gasteiger partial charge in [-0.3, -0.25) is 10.1 Å². The maximum Gasteiger partial charge on any atom is 0.185 e. The Labute approximate surface area is 171 Å². The molecule has 4 nitrogen and oxygen atoms in total. The molecule has 0 saturated carbocycles. The monoisotopic (exact) mass is 398 g/mol. The number of hydrogen-bond acceptors (Lipinski definition) is 4. The summed E-state index contributed by atoms with van der Waals surface area (Å²) in [7, 11) is 0. The molecular weight excluding hydrogens is 372 g/mol. The lowest BCUT2D eigenvalue weighted by atomic mass is 9.97. The SMILES string of the molecule is CC(C)N1CCC(Oc2ccc(C(=O)C3NCc4ccccc43)c(Cl)c2)CC1. The molecule has 0 amide bonds. The molecule has 1 fully saturated rings. The van der Waals surface area contributed by atoms with Crippen LogP contribution in [0.5, 0.6) is 5.75 Å². The molecule has 2 aliphatic rings. The molecule has 1 N–H and O–H groups in total. The van der Waals surface area contributed by atoms with Crippen molar-refractivity contribution in [3.63, 3.8) is 0 Å². The maximum absolute atomic E-state index is 13.0. The summed E-state index contributed by atoms with van der Waals surface area (Å²) in [5.41, 5.74) is 2.75. The van der Waals surface area contributed by atoms with E-state index in [1.54, 1.807) is 12.1 Å². The molecular formula is C23H27ClN2O2. The molecule has 2 aromatic rings. The molecule has 0 aromatic heterocycles. The summed E-state index contributed by atoms with van der Waals surface area (Å²) in [6.07, 6.45) is 2.23. The van der Waals surface area contributed by atoms with Crippen LogP contribution in [-0.4, -0.2) is 35.9 Å². The lowest BCUT2D eigenvalue weighted by molar-refractivity contribution is 0.0843. The Morgan fingerprint density at radius 2 is 1.93 bits per heavy atom. The second-order valence-corrected chi connectivity index (χ2v) is 8.37. The fourth-order valence-corrected chi connectivity index (χ4v) is 4.42. The quantitative estimate of drug-likeness (QED) is 0.746. The van der Waals surface area contributed by atoms with Crippen LogP contribution in [0.3, 0.4) is 0 Å². The first-order valence-corrected chi connectivity index (χ1v) is 10.5. The van der Waals surface area contributed by atoms with Crippen LogP contribution in [0.25, 0.3) is 0 Å². The molecule has 1 atom stereocenters. The number of rotatable bonds is 5. The third-order valence-electron chi connectivity index (χ3n) is 5.84. The van der Waals surface area contributed by atoms with Gasteiger partial charge < -0.3 is 9.64 Å². The van der Waals surface area contributed by atoms with Gasteiger partial charge in [0.15, 0.2) is 5.78 Å². The predicted molar refractivity (Wildman–Crippen MR) is 112 cm³/mol. The van der Waals surface area contributed by atoms with Gasteiger partial charge in [-0.2, -0.15) is 0 Å². The highest BCUT2D eigenvalue weighted by atomic mass is 35.5. The fraction of sp³-hybridized carbons (Fsp3) is 0.435. The molecule has 28 heavy (non-hydrogen) atoms. The van der Waals surface area contributed by atoms with Gasteiger partial charge in [0.25, 0.3) is 0 Å². The standard InChI is InChI=1S/C23H27ClN2O2/c1-15(2)26-11-9-17(10-12-26)28-18-7-8-20(21(24)13-18)23(27)22-19-6-4-3-5-16(19)14-25-22/h3-8,13,15,17,22,25H,9-12,14H2,1-2H3. The van der Waals surface area contributed by atoms with Gasteiger partial charge in [0, 0.05) is 31.2 Å². The molecule has 2 aromatic carbocycles. The van der Waals surface area contributed by atoms with Crippen molar-refractivity contribution in [1.82, 2.24) is 10.2 Å². The van der Waals surface area contributed by atoms with Gasteiger partial charge in [-0.25, -0.2) is 0 Å². The number of carbonyl (C=O) groups excluding carboxylic acids is 1. The molecule has 0 bridgehead atoms. The number of benzene rings is 2. The van der Waals surface area contributed by atoms with Crippen LogP contribution in [-0.2, 0) is 6.54 Å². The van der Waals surface area contributed by atoms with Crippen molar-refractivity contribution in [3.05, 3.63) is 64.2 Å². The number of Topliss-reactive ketones (excluding diaryl/α,β-unsaturated/α-hetero) is 1. The summed E-state index contributed by atoms with van der Waals surface area (Å²) in [5, 5.41) is 3.75. The Morgan fingerprint density at radius 3 is 2.64 bits per heavy atom. The van der Waals surface area contributed by atoms with Crippen molar-refractivity contribution in [1.29, 1.82) is 0 Å². The van der Waals surface area contributed by atoms with Gasteiger partial charge >= 0.3 is 0 Å². The van der Waals surface area contributed by atoms with E-state index in [1.807, 2.05) is 24.3 Å². The van der Waals surface area contributed by atoms with Gasteiger partial charge in [0.1, 0.15) is 11.9 Å². The second kappa shape index (κ2) is 8.24. The van der Waals surface area contributed by atoms with E-state index in [0.717, 1.165) is 37.2 Å². The number of carbonyl (C=O) groups is 1. The van der Waals surface area contributed by atoms with Crippen LogP contribution in [0.15, 0.2) is 42.5 Å². The van der Waals surface area contributed by atoms with Gasteiger partial charge in [-0.1, -0.05) is 35.9 Å². The first-order valence-electron chi connectivity index (χ1n) is 10.1. The van der Waals surface area contributed by atoms with Crippen molar-refractivity contribution in [2.75, 3.05) is 13.1 Å². The van der Waals surface area contributed by atoms with Crippen molar-refractivity contribution in [3.8, 4) is 5.75 Å². The summed E-state index contributed by atoms with van der Waals surface area (Å²) < 4.78 is 6.14. The van der Waals surface area contributed by atoms with E-state index in [4.69, 9.17) is 16.3 Å². The van der Waals surface area contributed by atoms with E-state index in [2.05, 4.69) is 30.1 Å². The topological polar surface area (TPSA) is 41.6 Å². The van der Waals surface area contributed by atoms with Crippen LogP contribution in [0.4, 0.5) is 0 Å². The summed E-state index contributed by atoms with van der Waals surface area (Å²) in [6, 6.07) is 13.7. The Hall–Kier alpha value is -1.88. The summed E-state index contributed by atoms with van der Waals surface area (Å²) in [4.78, 5) is 15.5. The Morgan fingerprint density at radius 1 is 1.18 bits per heavy atom. The number of likely N-dealkylation sites (tertiary alicyclic amines) is 1. The number of piperidine rings is 1. The molecule has 2 heterocycles. The van der Waals surface area contributed by atoms with Crippen molar-refractivity contribution >= 4 is 17.4 Å². The van der Waals surface area contributed by atoms with Gasteiger partial charge in [-0.05, 0) is 56.0 Å². The molecule has 0 radical (unpaired) electrons. The van der Waals surface area contributed by atoms with Crippen LogP contribution < -0.4 is 10.1 Å². The van der Waals surface area contributed by atoms with Crippen LogP contribution in [0, 0.1) is 0 Å². The van der Waals surface area contributed by atoms with E-state index in [-0.39, 0.29) is 17.9 Å². The summed E-state index contributed by atoms with van der Waals surface area (Å²) >= 11 is 6.48. The average molecular weight is 399 g/mol. The third-order valence-corrected chi connectivity index (χ3v) is 6.15. The first kappa shape index (κ1) is 19.4. The highest BCUT2D eigenvalue weighted by Crippen LogP contribution is 2.32. The molecule has 2 aliphatic heterocycles. The van der Waals surface area contributed by atoms with E-state index in [1.165, 1.54) is 5.56 Å². The zero-order valence-corrected chi connectivity index (χ0v) is 17.2. The normalized spacial score (nSPS) is 20.4. The van der Waals surface area contributed by atoms with Crippen LogP contribution in [0.2, 0.25) is 5.02 Å². The van der Waals surface area contributed by atoms with Crippen LogP contribution >= 0.6 is 11.6 Å². The van der Waals surface area contributed by atoms with Crippen molar-refractivity contribution in [2.45, 2.75) is 51.4 Å². The Kier molecular flexibility index (Phi) is 5.72. The molecule has 1 saturated heterocycles. The predicted octanol–water partition coefficient (Wildman–Crippen LogP) is 4.62. The summed E-state index contributed by atoms with van der Waals surface area (Å²) in [5.74, 6) is 0.746. The Bertz CT molecular complexity index is 859. The minimum Gasteiger partial charge on any atom is -0.490 e. The number of ether oxygens (including phenoxy) is 1. The molecule has 4 rings (SSSR count). The van der Waals surface area contributed by atoms with E-state index in [9.17, 15) is 4.79 Å². The van der Waals surface area contributed by atoms with Crippen molar-refractivity contribution < 1.29 is 9.53 Å². The number of ketones is 1. The smallest absolute Gasteiger partial charge is 0.185 e. The number of fused-ring (bicyclic) bond motifs is 1. The lowest BCUT2D eigenvalue weighted by Gasteiger charge is -2.34. The zero-order valence-electron chi connectivity index (χ0n) is 16.5. The van der Waals surface area contributed by atoms with E-state index < -0.39 is 0 Å². The third kappa shape index (κ3) is 3.95. The minimum absolute atomic E-state index is 0.00624. The maximum atomic E-state index is 13.0. The average Bonchev–Trinajstić information content (AvgIpc) is 3.12. The van der Waals surface area contributed by atoms with Gasteiger partial charge in [0.2, 0.25) is 0 Å². The number of nitrogens with one attached hydrogen (secondary N) is 1. The minimum atomic E-state index is -0.333. The molecule has 148 valence electrons. The van der Waals surface area contributed by atoms with Crippen LogP contribution in [0.1, 0.15) is 54.2 Å². The number of halogens is 1. The fourth-order valence-electron chi connectivity index (χ4n) is 4.16. The Balaban J connectivity index is 1.43. The molecule has 0 aliphatic carbocycles. The molecule has 5 heteroatoms. The first-order chi connectivity index (χ1) is 13.5. The zero-order chi connectivity index (χ0) is 19.7. The van der Waals surface area contributed by atoms with E-state index >= 15 is 0 Å². The number of nitrogens with zero attached hydrogens (tertiary/aromatic N) is 1. The number of hydrogen-bond donors (Lipinski definition) is 1. The van der Waals surface area contributed by atoms with Gasteiger partial charge in [-0.15, -0.1) is 0 Å². The molecule has 0 spiro atoms. The van der Waals surface area contributed by atoms with Crippen molar-refractivity contribution in [2.24, 2.45) is 0 Å². The molecule has 1 unspecified atom stereocenters. The highest BCUT2D eigenvalue weighted by Gasteiger charge is 2.30.